The number of amides is 1. The zero-order valence-corrected chi connectivity index (χ0v) is 23.2. The number of nitrogens with zero attached hydrogens (tertiary/aromatic N) is 2. The Morgan fingerprint density at radius 1 is 1.21 bits per heavy atom. The molecule has 0 bridgehead atoms. The third-order valence-corrected chi connectivity index (χ3v) is 7.96. The van der Waals surface area contributed by atoms with Crippen LogP contribution < -0.4 is 10.1 Å². The maximum Gasteiger partial charge on any atom is 0.268 e. The molecule has 1 saturated heterocycles. The van der Waals surface area contributed by atoms with Crippen molar-refractivity contribution in [1.82, 2.24) is 25.2 Å². The van der Waals surface area contributed by atoms with Crippen molar-refractivity contribution >= 4 is 22.7 Å². The lowest BCUT2D eigenvalue weighted by Gasteiger charge is -2.28. The highest BCUT2D eigenvalue weighted by molar-refractivity contribution is 6.04. The van der Waals surface area contributed by atoms with Gasteiger partial charge in [-0.2, -0.15) is 0 Å². The molecule has 2 aromatic heterocycles. The van der Waals surface area contributed by atoms with Gasteiger partial charge >= 0.3 is 0 Å². The van der Waals surface area contributed by atoms with E-state index >= 15 is 0 Å². The molecule has 8 heteroatoms. The number of benzene rings is 1. The van der Waals surface area contributed by atoms with Gasteiger partial charge < -0.3 is 20.0 Å². The second kappa shape index (κ2) is 10.9. The van der Waals surface area contributed by atoms with Crippen LogP contribution in [0.15, 0.2) is 18.2 Å². The molecule has 3 heterocycles. The number of hydrogen-bond acceptors (Lipinski definition) is 5. The third-order valence-electron chi connectivity index (χ3n) is 7.96. The summed E-state index contributed by atoms with van der Waals surface area (Å²) < 4.78 is 6.02. The summed E-state index contributed by atoms with van der Waals surface area (Å²) in [7, 11) is 0. The molecule has 5 rings (SSSR count). The van der Waals surface area contributed by atoms with Crippen molar-refractivity contribution in [1.29, 1.82) is 0 Å². The SMILES string of the molecule is CCCCC(NC(=O)c1[nH]c2c(c1C)C(=O)CC(C)(C)C2)c1nc2ccc(OCCN3CCCC3)cc2[nH]1. The van der Waals surface area contributed by atoms with Crippen LogP contribution in [0.5, 0.6) is 5.75 Å². The van der Waals surface area contributed by atoms with Gasteiger partial charge in [0.25, 0.3) is 5.91 Å². The lowest BCUT2D eigenvalue weighted by Crippen LogP contribution is -2.30. The van der Waals surface area contributed by atoms with E-state index in [1.807, 2.05) is 25.1 Å². The van der Waals surface area contributed by atoms with Crippen LogP contribution in [0.1, 0.15) is 103 Å². The molecule has 0 radical (unpaired) electrons. The fourth-order valence-electron chi connectivity index (χ4n) is 5.94. The Balaban J connectivity index is 1.32. The molecular formula is C30H41N5O3. The van der Waals surface area contributed by atoms with E-state index in [1.54, 1.807) is 0 Å². The lowest BCUT2D eigenvalue weighted by atomic mass is 9.75. The van der Waals surface area contributed by atoms with Crippen LogP contribution in [0, 0.1) is 12.3 Å². The quantitative estimate of drug-likeness (QED) is 0.329. The molecule has 0 saturated carbocycles. The van der Waals surface area contributed by atoms with Crippen LogP contribution in [0.4, 0.5) is 0 Å². The highest BCUT2D eigenvalue weighted by Crippen LogP contribution is 2.37. The van der Waals surface area contributed by atoms with Crippen LogP contribution in [0.2, 0.25) is 0 Å². The summed E-state index contributed by atoms with van der Waals surface area (Å²) >= 11 is 0. The van der Waals surface area contributed by atoms with Gasteiger partial charge in [-0.15, -0.1) is 0 Å². The Labute approximate surface area is 224 Å². The van der Waals surface area contributed by atoms with Gasteiger partial charge in [0, 0.05) is 30.3 Å². The second-order valence-corrected chi connectivity index (χ2v) is 11.8. The van der Waals surface area contributed by atoms with Crippen LogP contribution in [-0.4, -0.2) is 57.8 Å². The highest BCUT2D eigenvalue weighted by atomic mass is 16.5. The van der Waals surface area contributed by atoms with E-state index in [0.717, 1.165) is 79.2 Å². The predicted octanol–water partition coefficient (Wildman–Crippen LogP) is 5.49. The Morgan fingerprint density at radius 3 is 2.76 bits per heavy atom. The molecule has 1 aromatic carbocycles. The van der Waals surface area contributed by atoms with Gasteiger partial charge in [-0.05, 0) is 68.8 Å². The molecule has 2 aliphatic rings. The van der Waals surface area contributed by atoms with Crippen molar-refractivity contribution < 1.29 is 14.3 Å². The van der Waals surface area contributed by atoms with E-state index in [0.29, 0.717) is 24.3 Å². The van der Waals surface area contributed by atoms with Crippen LogP contribution in [-0.2, 0) is 6.42 Å². The minimum absolute atomic E-state index is 0.107. The van der Waals surface area contributed by atoms with Gasteiger partial charge in [0.05, 0.1) is 17.1 Å². The minimum atomic E-state index is -0.263. The number of hydrogen-bond donors (Lipinski definition) is 3. The number of unbranched alkanes of at least 4 members (excludes halogenated alkanes) is 1. The van der Waals surface area contributed by atoms with Crippen LogP contribution >= 0.6 is 0 Å². The second-order valence-electron chi connectivity index (χ2n) is 11.8. The molecule has 1 atom stereocenters. The van der Waals surface area contributed by atoms with E-state index in [1.165, 1.54) is 12.8 Å². The third kappa shape index (κ3) is 5.65. The number of likely N-dealkylation sites (tertiary alicyclic amines) is 1. The number of aromatic nitrogens is 3. The van der Waals surface area contributed by atoms with Gasteiger partial charge in [0.2, 0.25) is 0 Å². The molecule has 3 aromatic rings. The number of rotatable bonds is 10. The number of carbonyl (C=O) groups is 2. The molecule has 1 aliphatic carbocycles. The summed E-state index contributed by atoms with van der Waals surface area (Å²) in [4.78, 5) is 40.3. The zero-order valence-electron chi connectivity index (χ0n) is 23.2. The molecule has 3 N–H and O–H groups in total. The Bertz CT molecular complexity index is 1310. The van der Waals surface area contributed by atoms with Crippen molar-refractivity contribution in [3.05, 3.63) is 46.5 Å². The summed E-state index contributed by atoms with van der Waals surface area (Å²) in [6, 6.07) is 5.66. The summed E-state index contributed by atoms with van der Waals surface area (Å²) in [5.74, 6) is 1.47. The van der Waals surface area contributed by atoms with Crippen molar-refractivity contribution in [2.45, 2.75) is 78.7 Å². The van der Waals surface area contributed by atoms with Crippen molar-refractivity contribution in [2.75, 3.05) is 26.2 Å². The average molecular weight is 520 g/mol. The number of ketones is 1. The van der Waals surface area contributed by atoms with E-state index in [-0.39, 0.29) is 23.1 Å². The molecule has 1 fully saturated rings. The first-order valence-electron chi connectivity index (χ1n) is 14.1. The first kappa shape index (κ1) is 26.5. The minimum Gasteiger partial charge on any atom is -0.492 e. The molecule has 1 aliphatic heterocycles. The summed E-state index contributed by atoms with van der Waals surface area (Å²) in [6.45, 7) is 12.1. The summed E-state index contributed by atoms with van der Waals surface area (Å²) in [6.07, 6.45) is 6.56. The van der Waals surface area contributed by atoms with E-state index in [9.17, 15) is 9.59 Å². The van der Waals surface area contributed by atoms with Gasteiger partial charge in [-0.25, -0.2) is 4.98 Å². The number of imidazole rings is 1. The van der Waals surface area contributed by atoms with E-state index in [2.05, 4.69) is 41.0 Å². The van der Waals surface area contributed by atoms with E-state index < -0.39 is 0 Å². The average Bonchev–Trinajstić information content (AvgIpc) is 3.59. The number of fused-ring (bicyclic) bond motifs is 2. The number of H-pyrrole nitrogens is 2. The van der Waals surface area contributed by atoms with Crippen molar-refractivity contribution in [3.8, 4) is 5.75 Å². The smallest absolute Gasteiger partial charge is 0.268 e. The monoisotopic (exact) mass is 519 g/mol. The van der Waals surface area contributed by atoms with Crippen LogP contribution in [0.3, 0.4) is 0 Å². The lowest BCUT2D eigenvalue weighted by molar-refractivity contribution is 0.0908. The molecule has 0 spiro atoms. The van der Waals surface area contributed by atoms with Crippen molar-refractivity contribution in [3.63, 3.8) is 0 Å². The molecule has 1 unspecified atom stereocenters. The standard InChI is InChI=1S/C30H41N5O3/c1-5-6-9-22(34-29(37)27-19(2)26-24(31-27)17-30(3,4)18-25(26)36)28-32-21-11-10-20(16-23(21)33-28)38-15-14-35-12-7-8-13-35/h10-11,16,22,31H,5-9,12-15,17-18H2,1-4H3,(H,32,33)(H,34,37). The fraction of sp³-hybridized carbons (Fsp3) is 0.567. The zero-order chi connectivity index (χ0) is 26.9. The number of carbonyl (C=O) groups excluding carboxylic acids is 2. The van der Waals surface area contributed by atoms with E-state index in [4.69, 9.17) is 9.72 Å². The molecule has 8 nitrogen and oxygen atoms in total. The van der Waals surface area contributed by atoms with Gasteiger partial charge in [0.15, 0.2) is 5.78 Å². The Morgan fingerprint density at radius 2 is 2.00 bits per heavy atom. The number of ether oxygens (including phenoxy) is 1. The van der Waals surface area contributed by atoms with Gasteiger partial charge in [-0.3, -0.25) is 14.5 Å². The van der Waals surface area contributed by atoms with Gasteiger partial charge in [0.1, 0.15) is 23.9 Å². The fourth-order valence-corrected chi connectivity index (χ4v) is 5.94. The first-order valence-corrected chi connectivity index (χ1v) is 14.1. The maximum atomic E-state index is 13.5. The normalized spacial score (nSPS) is 18.1. The van der Waals surface area contributed by atoms with Crippen molar-refractivity contribution in [2.24, 2.45) is 5.41 Å². The number of aromatic amines is 2. The topological polar surface area (TPSA) is 103 Å². The molecular weight excluding hydrogens is 478 g/mol. The summed E-state index contributed by atoms with van der Waals surface area (Å²) in [5.41, 5.74) is 4.43. The largest absolute Gasteiger partial charge is 0.492 e. The first-order chi connectivity index (χ1) is 18.2. The Hall–Kier alpha value is -3.13. The molecule has 204 valence electrons. The predicted molar refractivity (Wildman–Crippen MR) is 149 cm³/mol. The summed E-state index contributed by atoms with van der Waals surface area (Å²) in [5, 5.41) is 3.20. The Kier molecular flexibility index (Phi) is 7.61. The number of Topliss-reactive ketones (excluding diaryl/α,β-unsaturated/α-hetero) is 1. The van der Waals surface area contributed by atoms with Gasteiger partial charge in [-0.1, -0.05) is 33.6 Å². The van der Waals surface area contributed by atoms with Crippen LogP contribution in [0.25, 0.3) is 11.0 Å². The highest BCUT2D eigenvalue weighted by Gasteiger charge is 2.35. The molecule has 38 heavy (non-hydrogen) atoms. The maximum absolute atomic E-state index is 13.5. The number of nitrogens with one attached hydrogen (secondary N) is 3. The molecule has 1 amide bonds.